The van der Waals surface area contributed by atoms with Gasteiger partial charge in [0.1, 0.15) is 4.21 Å². The second kappa shape index (κ2) is 10.2. The maximum atomic E-state index is 11.7. The van der Waals surface area contributed by atoms with Gasteiger partial charge in [0.2, 0.25) is 10.0 Å². The molecule has 1 aromatic rings. The Balaban J connectivity index is 2.24. The third kappa shape index (κ3) is 6.45. The van der Waals surface area contributed by atoms with E-state index in [-0.39, 0.29) is 10.3 Å². The lowest BCUT2D eigenvalue weighted by molar-refractivity contribution is 0.135. The van der Waals surface area contributed by atoms with Crippen molar-refractivity contribution in [2.75, 3.05) is 47.1 Å². The van der Waals surface area contributed by atoms with Gasteiger partial charge in [-0.3, -0.25) is 4.90 Å². The zero-order valence-corrected chi connectivity index (χ0v) is 18.8. The van der Waals surface area contributed by atoms with Gasteiger partial charge in [-0.25, -0.2) is 13.6 Å². The van der Waals surface area contributed by atoms with Crippen LogP contribution in [0, 0.1) is 0 Å². The maximum Gasteiger partial charge on any atom is 0.247 e. The summed E-state index contributed by atoms with van der Waals surface area (Å²) in [6, 6.07) is 1.95. The van der Waals surface area contributed by atoms with Crippen molar-refractivity contribution in [3.05, 3.63) is 17.3 Å². The quantitative estimate of drug-likeness (QED) is 0.422. The molecule has 27 heavy (non-hydrogen) atoms. The van der Waals surface area contributed by atoms with E-state index < -0.39 is 10.0 Å². The molecule has 0 fully saturated rings. The summed E-state index contributed by atoms with van der Waals surface area (Å²) < 4.78 is 37.2. The summed E-state index contributed by atoms with van der Waals surface area (Å²) in [6.07, 6.45) is 3.02. The van der Waals surface area contributed by atoms with E-state index in [2.05, 4.69) is 29.1 Å². The molecule has 0 amide bonds. The fourth-order valence-corrected chi connectivity index (χ4v) is 6.04. The van der Waals surface area contributed by atoms with Gasteiger partial charge in [0.05, 0.1) is 10.8 Å². The Hall–Kier alpha value is -0.620. The molecule has 0 aromatic carbocycles. The van der Waals surface area contributed by atoms with Crippen LogP contribution in [0.15, 0.2) is 20.2 Å². The third-order valence-electron chi connectivity index (χ3n) is 4.06. The van der Waals surface area contributed by atoms with E-state index in [1.807, 2.05) is 0 Å². The van der Waals surface area contributed by atoms with Gasteiger partial charge in [0, 0.05) is 57.8 Å². The molecule has 0 saturated heterocycles. The van der Waals surface area contributed by atoms with E-state index in [4.69, 9.17) is 14.6 Å². The molecule has 7 nitrogen and oxygen atoms in total. The summed E-state index contributed by atoms with van der Waals surface area (Å²) in [6.45, 7) is 8.14. The van der Waals surface area contributed by atoms with Crippen molar-refractivity contribution in [1.29, 1.82) is 0 Å². The highest BCUT2D eigenvalue weighted by Gasteiger charge is 2.27. The van der Waals surface area contributed by atoms with Gasteiger partial charge < -0.3 is 13.8 Å². The Morgan fingerprint density at radius 1 is 1.22 bits per heavy atom. The lowest BCUT2D eigenvalue weighted by Gasteiger charge is -2.35. The highest BCUT2D eigenvalue weighted by Crippen LogP contribution is 2.43. The van der Waals surface area contributed by atoms with E-state index in [9.17, 15) is 8.42 Å². The molecule has 154 valence electrons. The van der Waals surface area contributed by atoms with Crippen molar-refractivity contribution < 1.29 is 17.9 Å². The van der Waals surface area contributed by atoms with Crippen LogP contribution in [-0.2, 0) is 19.5 Å². The SMILES string of the molecule is COCCCN(CCOC)CC1=Cc2cc(S(N)(=O)=O)sc2SN1C(C)C. The topological polar surface area (TPSA) is 85.1 Å². The van der Waals surface area contributed by atoms with Gasteiger partial charge in [-0.15, -0.1) is 11.3 Å². The Morgan fingerprint density at radius 3 is 2.52 bits per heavy atom. The minimum Gasteiger partial charge on any atom is -0.385 e. The normalized spacial score (nSPS) is 14.8. The van der Waals surface area contributed by atoms with Crippen molar-refractivity contribution >= 4 is 39.4 Å². The Kier molecular flexibility index (Phi) is 8.60. The summed E-state index contributed by atoms with van der Waals surface area (Å²) in [4.78, 5) is 2.34. The number of nitrogens with two attached hydrogens (primary N) is 1. The van der Waals surface area contributed by atoms with Crippen molar-refractivity contribution in [3.63, 3.8) is 0 Å². The molecule has 0 aliphatic carbocycles. The van der Waals surface area contributed by atoms with Crippen molar-refractivity contribution in [2.45, 2.75) is 34.7 Å². The first kappa shape index (κ1) is 22.7. The van der Waals surface area contributed by atoms with Crippen LogP contribution < -0.4 is 5.14 Å². The van der Waals surface area contributed by atoms with E-state index in [1.54, 1.807) is 32.2 Å². The first-order valence-corrected chi connectivity index (χ1v) is 11.9. The fraction of sp³-hybridized carbons (Fsp3) is 0.647. The summed E-state index contributed by atoms with van der Waals surface area (Å²) in [5, 5.41) is 5.31. The van der Waals surface area contributed by atoms with Crippen LogP contribution in [0.25, 0.3) is 6.08 Å². The predicted molar refractivity (Wildman–Crippen MR) is 111 cm³/mol. The number of thiophene rings is 1. The lowest BCUT2D eigenvalue weighted by Crippen LogP contribution is -2.36. The van der Waals surface area contributed by atoms with Gasteiger partial charge >= 0.3 is 0 Å². The van der Waals surface area contributed by atoms with Gasteiger partial charge in [-0.2, -0.15) is 0 Å². The monoisotopic (exact) mass is 435 g/mol. The minimum atomic E-state index is -3.69. The fourth-order valence-electron chi connectivity index (χ4n) is 2.77. The summed E-state index contributed by atoms with van der Waals surface area (Å²) in [5.41, 5.74) is 2.07. The molecule has 2 heterocycles. The third-order valence-corrected chi connectivity index (χ3v) is 8.15. The van der Waals surface area contributed by atoms with Crippen molar-refractivity contribution in [2.24, 2.45) is 5.14 Å². The first-order chi connectivity index (χ1) is 12.8. The molecular weight excluding hydrogens is 406 g/mol. The number of ether oxygens (including phenoxy) is 2. The van der Waals surface area contributed by atoms with Crippen molar-refractivity contribution in [3.8, 4) is 0 Å². The second-order valence-corrected chi connectivity index (χ2v) is 10.7. The molecule has 2 rings (SSSR count). The van der Waals surface area contributed by atoms with E-state index in [0.717, 1.165) is 48.1 Å². The summed E-state index contributed by atoms with van der Waals surface area (Å²) in [7, 11) is -0.271. The maximum absolute atomic E-state index is 11.7. The zero-order chi connectivity index (χ0) is 20.0. The zero-order valence-electron chi connectivity index (χ0n) is 16.3. The summed E-state index contributed by atoms with van der Waals surface area (Å²) >= 11 is 2.81. The lowest BCUT2D eigenvalue weighted by atomic mass is 10.2. The molecule has 0 spiro atoms. The van der Waals surface area contributed by atoms with Crippen LogP contribution in [0.2, 0.25) is 0 Å². The van der Waals surface area contributed by atoms with Crippen LogP contribution in [-0.4, -0.2) is 70.7 Å². The van der Waals surface area contributed by atoms with Crippen LogP contribution in [0.5, 0.6) is 0 Å². The Labute approximate surface area is 170 Å². The average molecular weight is 436 g/mol. The highest BCUT2D eigenvalue weighted by atomic mass is 32.3. The molecule has 1 aliphatic rings. The van der Waals surface area contributed by atoms with Gasteiger partial charge in [-0.05, 0) is 44.4 Å². The van der Waals surface area contributed by atoms with Crippen LogP contribution in [0.4, 0.5) is 0 Å². The molecule has 0 atom stereocenters. The number of nitrogens with zero attached hydrogens (tertiary/aromatic N) is 2. The Bertz CT molecular complexity index is 747. The molecule has 0 unspecified atom stereocenters. The molecule has 0 bridgehead atoms. The number of sulfonamides is 1. The molecule has 2 N–H and O–H groups in total. The molecule has 0 radical (unpaired) electrons. The average Bonchev–Trinajstić information content (AvgIpc) is 3.02. The molecule has 1 aliphatic heterocycles. The number of hydrogen-bond acceptors (Lipinski definition) is 8. The van der Waals surface area contributed by atoms with Crippen LogP contribution >= 0.6 is 23.3 Å². The minimum absolute atomic E-state index is 0.206. The first-order valence-electron chi connectivity index (χ1n) is 8.81. The predicted octanol–water partition coefficient (Wildman–Crippen LogP) is 2.45. The number of methoxy groups -OCH3 is 2. The molecule has 0 saturated carbocycles. The number of rotatable bonds is 11. The van der Waals surface area contributed by atoms with E-state index in [0.29, 0.717) is 6.61 Å². The van der Waals surface area contributed by atoms with Gasteiger partial charge in [0.25, 0.3) is 0 Å². The molecule has 10 heteroatoms. The highest BCUT2D eigenvalue weighted by molar-refractivity contribution is 7.99. The smallest absolute Gasteiger partial charge is 0.247 e. The molecule has 1 aromatic heterocycles. The van der Waals surface area contributed by atoms with Gasteiger partial charge in [-0.1, -0.05) is 0 Å². The van der Waals surface area contributed by atoms with Crippen LogP contribution in [0.1, 0.15) is 25.8 Å². The van der Waals surface area contributed by atoms with E-state index in [1.165, 1.54) is 11.3 Å². The summed E-state index contributed by atoms with van der Waals surface area (Å²) in [5.74, 6) is 0. The Morgan fingerprint density at radius 2 is 1.93 bits per heavy atom. The standard InChI is InChI=1S/C17H29N3O4S3/c1-13(2)20-15(12-19(7-9-24-4)6-5-8-23-3)10-14-11-16(27(18,21)22)25-17(14)26-20/h10-11,13H,5-9,12H2,1-4H3,(H2,18,21,22). The largest absolute Gasteiger partial charge is 0.385 e. The van der Waals surface area contributed by atoms with E-state index >= 15 is 0 Å². The van der Waals surface area contributed by atoms with Crippen molar-refractivity contribution in [1.82, 2.24) is 9.21 Å². The number of hydrogen-bond donors (Lipinski definition) is 1. The van der Waals surface area contributed by atoms with Crippen LogP contribution in [0.3, 0.4) is 0 Å². The number of primary sulfonamides is 1. The molecular formula is C17H29N3O4S3. The van der Waals surface area contributed by atoms with Gasteiger partial charge in [0.15, 0.2) is 0 Å². The number of fused-ring (bicyclic) bond motifs is 1. The second-order valence-electron chi connectivity index (χ2n) is 6.62.